The number of nitriles is 1. The third-order valence-electron chi connectivity index (χ3n) is 6.25. The molecule has 0 saturated carbocycles. The summed E-state index contributed by atoms with van der Waals surface area (Å²) in [5.41, 5.74) is 0.122. The van der Waals surface area contributed by atoms with Crippen LogP contribution >= 0.6 is 0 Å². The highest BCUT2D eigenvalue weighted by atomic mass is 19.1. The van der Waals surface area contributed by atoms with Crippen LogP contribution in [0.1, 0.15) is 32.3 Å². The summed E-state index contributed by atoms with van der Waals surface area (Å²) in [5.74, 6) is -3.50. The monoisotopic (exact) mass is 552 g/mol. The maximum atomic E-state index is 15.6. The Balaban J connectivity index is 1.72. The average molecular weight is 553 g/mol. The van der Waals surface area contributed by atoms with E-state index in [1.807, 2.05) is 6.07 Å². The van der Waals surface area contributed by atoms with Gasteiger partial charge < -0.3 is 15.7 Å². The first-order valence-corrected chi connectivity index (χ1v) is 12.6. The number of carboxylic acid groups (broad SMARTS) is 1. The van der Waals surface area contributed by atoms with E-state index < -0.39 is 41.2 Å². The molecule has 1 aromatic heterocycles. The molecular weight excluding hydrogens is 525 g/mol. The van der Waals surface area contributed by atoms with E-state index in [0.717, 1.165) is 23.2 Å². The Labute approximate surface area is 228 Å². The van der Waals surface area contributed by atoms with Gasteiger partial charge in [0.05, 0.1) is 23.5 Å². The summed E-state index contributed by atoms with van der Waals surface area (Å²) in [6.07, 6.45) is 1.45. The number of nitrogens with one attached hydrogen (secondary N) is 2. The summed E-state index contributed by atoms with van der Waals surface area (Å²) in [6.45, 7) is 4.58. The number of hydrogen-bond acceptors (Lipinski definition) is 6. The number of aromatic nitrogens is 1. The van der Waals surface area contributed by atoms with Crippen molar-refractivity contribution in [3.63, 3.8) is 0 Å². The lowest BCUT2D eigenvalue weighted by Gasteiger charge is -2.31. The first-order valence-electron chi connectivity index (χ1n) is 12.6. The van der Waals surface area contributed by atoms with Crippen molar-refractivity contribution < 1.29 is 27.9 Å². The number of benzene rings is 2. The van der Waals surface area contributed by atoms with Gasteiger partial charge in [0.15, 0.2) is 11.6 Å². The van der Waals surface area contributed by atoms with E-state index in [4.69, 9.17) is 5.11 Å². The van der Waals surface area contributed by atoms with E-state index in [1.165, 1.54) is 29.2 Å². The Bertz CT molecular complexity index is 1470. The molecule has 0 unspecified atom stereocenters. The van der Waals surface area contributed by atoms with E-state index in [-0.39, 0.29) is 40.3 Å². The van der Waals surface area contributed by atoms with Gasteiger partial charge in [-0.25, -0.2) is 22.9 Å². The quantitative estimate of drug-likeness (QED) is 0.288. The smallest absolute Gasteiger partial charge is 0.335 e. The predicted molar refractivity (Wildman–Crippen MR) is 144 cm³/mol. The molecule has 3 N–H and O–H groups in total. The standard InChI is InChI=1S/C28H27F3N6O3/c1-16(2)36-27-21(11-18(29)15-35-27)20-6-5-17(14-32)10-24(20)37(28(36)40)26-22(30)12-19(13-23(26)31)34-9-8-33-7-3-4-25(38)39/h5-6,10-13,15-16,33-34H,3-4,7-9H2,1-2H3,(H,38,39). The zero-order valence-corrected chi connectivity index (χ0v) is 21.8. The SMILES string of the molecule is CC(C)N1C(=O)N(c2c(F)cc(NCCNCCCC(=O)O)cc2F)c2cc(C#N)ccc2-c2cc(F)cnc21. The normalized spacial score (nSPS) is 12.6. The van der Waals surface area contributed by atoms with Crippen LogP contribution in [0.2, 0.25) is 0 Å². The third kappa shape index (κ3) is 5.84. The van der Waals surface area contributed by atoms with Gasteiger partial charge in [0.25, 0.3) is 0 Å². The Morgan fingerprint density at radius 1 is 1.07 bits per heavy atom. The van der Waals surface area contributed by atoms with Crippen LogP contribution in [0.5, 0.6) is 0 Å². The number of anilines is 4. The van der Waals surface area contributed by atoms with Crippen LogP contribution in [0.25, 0.3) is 11.1 Å². The van der Waals surface area contributed by atoms with Crippen molar-refractivity contribution in [1.82, 2.24) is 10.3 Å². The molecule has 0 spiro atoms. The van der Waals surface area contributed by atoms with Gasteiger partial charge in [-0.15, -0.1) is 0 Å². The predicted octanol–water partition coefficient (Wildman–Crippen LogP) is 5.39. The summed E-state index contributed by atoms with van der Waals surface area (Å²) in [4.78, 5) is 30.8. The van der Waals surface area contributed by atoms with Crippen LogP contribution in [0.3, 0.4) is 0 Å². The second kappa shape index (κ2) is 12.0. The number of amides is 2. The van der Waals surface area contributed by atoms with Gasteiger partial charge in [0.1, 0.15) is 17.3 Å². The highest BCUT2D eigenvalue weighted by Crippen LogP contribution is 2.45. The van der Waals surface area contributed by atoms with Gasteiger partial charge >= 0.3 is 12.0 Å². The summed E-state index contributed by atoms with van der Waals surface area (Å²) >= 11 is 0. The van der Waals surface area contributed by atoms with Crippen LogP contribution in [0.4, 0.5) is 40.8 Å². The molecule has 0 aliphatic carbocycles. The Kier molecular flexibility index (Phi) is 8.55. The highest BCUT2D eigenvalue weighted by Gasteiger charge is 2.38. The minimum absolute atomic E-state index is 0.00456. The summed E-state index contributed by atoms with van der Waals surface area (Å²) in [5, 5.41) is 24.1. The van der Waals surface area contributed by atoms with Crippen molar-refractivity contribution in [2.24, 2.45) is 0 Å². The summed E-state index contributed by atoms with van der Waals surface area (Å²) < 4.78 is 45.6. The van der Waals surface area contributed by atoms with Crippen molar-refractivity contribution in [1.29, 1.82) is 5.26 Å². The fourth-order valence-electron chi connectivity index (χ4n) is 4.49. The van der Waals surface area contributed by atoms with Gasteiger partial charge in [-0.2, -0.15) is 5.26 Å². The molecule has 0 bridgehead atoms. The maximum absolute atomic E-state index is 15.6. The van der Waals surface area contributed by atoms with Crippen LogP contribution in [0.15, 0.2) is 42.6 Å². The summed E-state index contributed by atoms with van der Waals surface area (Å²) in [6, 6.07) is 8.21. The number of carbonyl (C=O) groups excluding carboxylic acids is 1. The van der Waals surface area contributed by atoms with Crippen molar-refractivity contribution in [3.8, 4) is 17.2 Å². The molecule has 0 atom stereocenters. The Morgan fingerprint density at radius 3 is 2.45 bits per heavy atom. The van der Waals surface area contributed by atoms with E-state index in [9.17, 15) is 19.2 Å². The lowest BCUT2D eigenvalue weighted by molar-refractivity contribution is -0.137. The fraction of sp³-hybridized carbons (Fsp3) is 0.286. The van der Waals surface area contributed by atoms with Crippen molar-refractivity contribution in [2.45, 2.75) is 32.7 Å². The van der Waals surface area contributed by atoms with Crippen LogP contribution < -0.4 is 20.4 Å². The topological polar surface area (TPSA) is 122 Å². The number of hydrogen-bond donors (Lipinski definition) is 3. The van der Waals surface area contributed by atoms with E-state index >= 15 is 8.78 Å². The van der Waals surface area contributed by atoms with E-state index in [2.05, 4.69) is 15.6 Å². The van der Waals surface area contributed by atoms with Crippen molar-refractivity contribution >= 4 is 34.9 Å². The molecule has 4 rings (SSSR count). The van der Waals surface area contributed by atoms with Crippen molar-refractivity contribution in [2.75, 3.05) is 34.8 Å². The largest absolute Gasteiger partial charge is 0.481 e. The number of carboxylic acids is 1. The van der Waals surface area contributed by atoms with Gasteiger partial charge in [0.2, 0.25) is 0 Å². The van der Waals surface area contributed by atoms with Crippen LogP contribution in [0, 0.1) is 28.8 Å². The van der Waals surface area contributed by atoms with E-state index in [1.54, 1.807) is 13.8 Å². The van der Waals surface area contributed by atoms with Gasteiger partial charge in [-0.05, 0) is 57.1 Å². The molecule has 40 heavy (non-hydrogen) atoms. The molecule has 3 aromatic rings. The molecule has 2 heterocycles. The highest BCUT2D eigenvalue weighted by molar-refractivity contribution is 6.15. The van der Waals surface area contributed by atoms with Gasteiger partial charge in [-0.3, -0.25) is 14.6 Å². The lowest BCUT2D eigenvalue weighted by atomic mass is 10.0. The Morgan fingerprint density at radius 2 is 1.80 bits per heavy atom. The molecule has 0 radical (unpaired) electrons. The van der Waals surface area contributed by atoms with Gasteiger partial charge in [-0.1, -0.05) is 6.07 Å². The second-order valence-corrected chi connectivity index (χ2v) is 9.41. The average Bonchev–Trinajstić information content (AvgIpc) is 2.99. The molecular formula is C28H27F3N6O3. The van der Waals surface area contributed by atoms with Crippen molar-refractivity contribution in [3.05, 3.63) is 65.6 Å². The molecule has 2 aromatic carbocycles. The second-order valence-electron chi connectivity index (χ2n) is 9.41. The molecule has 208 valence electrons. The zero-order chi connectivity index (χ0) is 29.0. The van der Waals surface area contributed by atoms with Crippen LogP contribution in [-0.4, -0.2) is 47.8 Å². The number of fused-ring (bicyclic) bond motifs is 3. The molecule has 12 heteroatoms. The minimum atomic E-state index is -1.03. The van der Waals surface area contributed by atoms with E-state index in [0.29, 0.717) is 26.1 Å². The Hall–Kier alpha value is -4.63. The first kappa shape index (κ1) is 28.4. The number of nitrogens with zero attached hydrogens (tertiary/aromatic N) is 4. The third-order valence-corrected chi connectivity index (χ3v) is 6.25. The van der Waals surface area contributed by atoms with Gasteiger partial charge in [0, 0.05) is 42.4 Å². The number of halogens is 3. The first-order chi connectivity index (χ1) is 19.1. The molecule has 2 amide bonds. The summed E-state index contributed by atoms with van der Waals surface area (Å²) in [7, 11) is 0. The fourth-order valence-corrected chi connectivity index (χ4v) is 4.49. The number of carbonyl (C=O) groups is 2. The minimum Gasteiger partial charge on any atom is -0.481 e. The zero-order valence-electron chi connectivity index (χ0n) is 21.8. The molecule has 9 nitrogen and oxygen atoms in total. The maximum Gasteiger partial charge on any atom is 0.335 e. The number of pyridine rings is 1. The number of rotatable bonds is 10. The molecule has 0 saturated heterocycles. The molecule has 1 aliphatic heterocycles. The lowest BCUT2D eigenvalue weighted by Crippen LogP contribution is -2.45. The number of aliphatic carboxylic acids is 1. The molecule has 1 aliphatic rings. The number of urea groups is 1. The van der Waals surface area contributed by atoms with Crippen LogP contribution in [-0.2, 0) is 4.79 Å². The molecule has 0 fully saturated rings.